The minimum absolute atomic E-state index is 0.111. The quantitative estimate of drug-likeness (QED) is 0.260. The van der Waals surface area contributed by atoms with Gasteiger partial charge in [-0.1, -0.05) is 13.8 Å². The monoisotopic (exact) mass is 496 g/mol. The van der Waals surface area contributed by atoms with E-state index in [-0.39, 0.29) is 34.0 Å². The number of carboxylic acid groups (broad SMARTS) is 4. The molecule has 0 aromatic rings. The predicted molar refractivity (Wildman–Crippen MR) is 100 cm³/mol. The normalized spacial score (nSPS) is 8.59. The van der Waals surface area contributed by atoms with Gasteiger partial charge in [0.25, 0.3) is 0 Å². The van der Waals surface area contributed by atoms with Crippen LogP contribution in [0.5, 0.6) is 0 Å². The summed E-state index contributed by atoms with van der Waals surface area (Å²) in [5.41, 5.74) is 0. The minimum atomic E-state index is -1.26. The minimum Gasteiger partial charge on any atom is -0.478 e. The molecule has 0 aliphatic rings. The third-order valence-electron chi connectivity index (χ3n) is 2.36. The Morgan fingerprint density at radius 2 is 1.00 bits per heavy atom. The van der Waals surface area contributed by atoms with Crippen molar-refractivity contribution in [1.82, 2.24) is 0 Å². The van der Waals surface area contributed by atoms with Gasteiger partial charge in [0.1, 0.15) is 0 Å². The second-order valence-electron chi connectivity index (χ2n) is 4.92. The topological polar surface area (TPSA) is 155 Å². The zero-order chi connectivity index (χ0) is 22.1. The summed E-state index contributed by atoms with van der Waals surface area (Å²) in [6, 6.07) is 0. The summed E-state index contributed by atoms with van der Waals surface area (Å²) in [6.45, 7) is 7.66. The van der Waals surface area contributed by atoms with Crippen LogP contribution in [-0.2, 0) is 19.2 Å². The van der Waals surface area contributed by atoms with E-state index in [9.17, 15) is 29.4 Å². The van der Waals surface area contributed by atoms with Crippen molar-refractivity contribution >= 4 is 45.0 Å². The van der Waals surface area contributed by atoms with Gasteiger partial charge in [-0.25, -0.2) is 9.59 Å². The van der Waals surface area contributed by atoms with Crippen molar-refractivity contribution in [3.8, 4) is 0 Å². The Bertz CT molecular complexity index is 372. The van der Waals surface area contributed by atoms with Crippen LogP contribution in [0.2, 0.25) is 8.87 Å². The van der Waals surface area contributed by atoms with E-state index in [0.717, 1.165) is 0 Å². The first-order chi connectivity index (χ1) is 12.6. The van der Waals surface area contributed by atoms with E-state index >= 15 is 0 Å². The first kappa shape index (κ1) is 33.0. The van der Waals surface area contributed by atoms with Gasteiger partial charge in [0, 0.05) is 24.1 Å². The maximum absolute atomic E-state index is 9.55. The largest absolute Gasteiger partial charge is 0.478 e. The Labute approximate surface area is 171 Å². The summed E-state index contributed by atoms with van der Waals surface area (Å²) in [6.07, 6.45) is 7.18. The number of rotatable bonds is 10. The molecule has 2 N–H and O–H groups in total. The summed E-state index contributed by atoms with van der Waals surface area (Å²) in [7, 11) is 0. The van der Waals surface area contributed by atoms with Crippen LogP contribution >= 0.6 is 0 Å². The van der Waals surface area contributed by atoms with Gasteiger partial charge < -0.3 is 30.0 Å². The van der Waals surface area contributed by atoms with E-state index in [4.69, 9.17) is 10.2 Å². The standard InChI is InChI=1S/C4H4O4.2C4H9.2C3H6O2.Sn/c5-3(6)1-2-4(7)8;2*1-3-4-2;2*1-2-3(4)5;/h1-2H,(H,5,6)(H,7,8);2*1,3-4H2,2H3;2*2H2,1H3,(H,4,5);/q;;;;;+2/p-2/b2-1-;;;;;. The average Bonchev–Trinajstić information content (AvgIpc) is 2.61. The predicted octanol–water partition coefficient (Wildman–Crippen LogP) is 1.13. The van der Waals surface area contributed by atoms with Gasteiger partial charge in [0.2, 0.25) is 0 Å². The molecular formula is C18H32O8Sn. The van der Waals surface area contributed by atoms with Crippen molar-refractivity contribution in [2.75, 3.05) is 0 Å². The van der Waals surface area contributed by atoms with Crippen molar-refractivity contribution in [2.24, 2.45) is 0 Å². The Hall–Kier alpha value is -1.58. The third-order valence-corrected chi connectivity index (χ3v) is 6.40. The van der Waals surface area contributed by atoms with E-state index in [0.29, 0.717) is 12.2 Å². The maximum atomic E-state index is 9.55. The molecule has 0 spiro atoms. The van der Waals surface area contributed by atoms with Crippen molar-refractivity contribution in [1.29, 1.82) is 0 Å². The zero-order valence-electron chi connectivity index (χ0n) is 16.7. The van der Waals surface area contributed by atoms with Crippen molar-refractivity contribution in [3.05, 3.63) is 12.2 Å². The summed E-state index contributed by atoms with van der Waals surface area (Å²) in [5.74, 6) is -4.50. The van der Waals surface area contributed by atoms with Crippen LogP contribution in [0.1, 0.15) is 66.2 Å². The van der Waals surface area contributed by atoms with E-state index in [2.05, 4.69) is 13.8 Å². The molecule has 8 nitrogen and oxygen atoms in total. The Balaban J connectivity index is -0.000000135. The van der Waals surface area contributed by atoms with Gasteiger partial charge in [0.05, 0.1) is 0 Å². The van der Waals surface area contributed by atoms with Crippen LogP contribution in [0.3, 0.4) is 0 Å². The maximum Gasteiger partial charge on any atom is 0.328 e. The number of unbranched alkanes of at least 4 members (excludes halogenated alkanes) is 2. The van der Waals surface area contributed by atoms with Gasteiger partial charge in [-0.05, 0) is 12.8 Å². The fraction of sp³-hybridized carbons (Fsp3) is 0.667. The molecule has 156 valence electrons. The average molecular weight is 495 g/mol. The molecule has 0 heterocycles. The number of hydrogen-bond acceptors (Lipinski definition) is 6. The number of hydrogen-bond donors (Lipinski definition) is 2. The molecule has 0 radical (unpaired) electrons. The summed E-state index contributed by atoms with van der Waals surface area (Å²) < 4.78 is 3.25. The Morgan fingerprint density at radius 3 is 1.15 bits per heavy atom. The first-order valence-corrected chi connectivity index (χ1v) is 12.9. The molecule has 0 fully saturated rings. The molecule has 0 aromatic carbocycles. The number of carbonyl (C=O) groups excluding carboxylic acids is 2. The molecule has 0 bridgehead atoms. The molecule has 0 saturated heterocycles. The van der Waals surface area contributed by atoms with Crippen LogP contribution in [0.4, 0.5) is 0 Å². The fourth-order valence-corrected chi connectivity index (χ4v) is 5.03. The van der Waals surface area contributed by atoms with Crippen LogP contribution in [0.15, 0.2) is 12.2 Å². The van der Waals surface area contributed by atoms with Crippen LogP contribution in [0.25, 0.3) is 0 Å². The van der Waals surface area contributed by atoms with Gasteiger partial charge in [-0.2, -0.15) is 0 Å². The summed E-state index contributed by atoms with van der Waals surface area (Å²) >= 11 is 0.149. The second-order valence-corrected chi connectivity index (χ2v) is 9.20. The molecule has 0 atom stereocenters. The molecule has 0 aromatic heterocycles. The van der Waals surface area contributed by atoms with Gasteiger partial charge >= 0.3 is 81.5 Å². The fourth-order valence-electron chi connectivity index (χ4n) is 0.871. The van der Waals surface area contributed by atoms with Gasteiger partial charge in [0.15, 0.2) is 0 Å². The number of aliphatic carboxylic acids is 4. The van der Waals surface area contributed by atoms with Crippen LogP contribution in [-0.4, -0.2) is 55.2 Å². The second kappa shape index (κ2) is 29.2. The molecular weight excluding hydrogens is 463 g/mol. The molecule has 0 amide bonds. The third kappa shape index (κ3) is 68.2. The van der Waals surface area contributed by atoms with E-state index in [1.807, 2.05) is 0 Å². The smallest absolute Gasteiger partial charge is 0.328 e. The number of carboxylic acids is 4. The molecule has 0 aliphatic carbocycles. The van der Waals surface area contributed by atoms with Crippen molar-refractivity contribution < 1.29 is 39.6 Å². The van der Waals surface area contributed by atoms with Gasteiger partial charge in [-0.15, -0.1) is 0 Å². The molecule has 0 saturated carbocycles. The van der Waals surface area contributed by atoms with Crippen molar-refractivity contribution in [2.45, 2.75) is 75.1 Å². The van der Waals surface area contributed by atoms with E-state index in [1.54, 1.807) is 8.87 Å². The Morgan fingerprint density at radius 1 is 0.741 bits per heavy atom. The first-order valence-electron chi connectivity index (χ1n) is 8.83. The number of carbonyl (C=O) groups is 4. The van der Waals surface area contributed by atoms with E-state index in [1.165, 1.54) is 39.5 Å². The Kier molecular flexibility index (Phi) is 35.7. The summed E-state index contributed by atoms with van der Waals surface area (Å²) in [5, 5.41) is 34.1. The van der Waals surface area contributed by atoms with Crippen LogP contribution < -0.4 is 10.2 Å². The van der Waals surface area contributed by atoms with E-state index < -0.39 is 23.9 Å². The molecule has 0 aliphatic heterocycles. The van der Waals surface area contributed by atoms with Gasteiger partial charge in [-0.3, -0.25) is 0 Å². The SMILES string of the molecule is CCC(=O)[O-].CCC(=O)[O-].CCC[CH2][Sn+2][CH2]CCC.O=C(O)/C=C\C(=O)O. The summed E-state index contributed by atoms with van der Waals surface area (Å²) in [4.78, 5) is 37.6. The molecule has 0 unspecified atom stereocenters. The molecule has 0 rings (SSSR count). The zero-order valence-corrected chi connectivity index (χ0v) is 19.5. The van der Waals surface area contributed by atoms with Crippen molar-refractivity contribution in [3.63, 3.8) is 0 Å². The van der Waals surface area contributed by atoms with Crippen LogP contribution in [0, 0.1) is 0 Å². The molecule has 9 heteroatoms. The molecule has 27 heavy (non-hydrogen) atoms.